The molecular formula is C32H41FN4O. The molecule has 1 fully saturated rings. The topological polar surface area (TPSA) is 40.5 Å². The zero-order valence-electron chi connectivity index (χ0n) is 23.4. The van der Waals surface area contributed by atoms with Crippen LogP contribution in [0.1, 0.15) is 62.0 Å². The van der Waals surface area contributed by atoms with E-state index in [2.05, 4.69) is 60.8 Å². The van der Waals surface area contributed by atoms with Gasteiger partial charge in [-0.15, -0.1) is 0 Å². The van der Waals surface area contributed by atoms with Gasteiger partial charge in [-0.3, -0.25) is 9.69 Å². The van der Waals surface area contributed by atoms with Gasteiger partial charge in [-0.1, -0.05) is 32.1 Å². The third-order valence-corrected chi connectivity index (χ3v) is 8.14. The highest BCUT2D eigenvalue weighted by molar-refractivity contribution is 6.01. The molecule has 202 valence electrons. The molecule has 5 rings (SSSR count). The number of amides is 1. The van der Waals surface area contributed by atoms with Gasteiger partial charge in [-0.25, -0.2) is 4.39 Å². The number of benzene rings is 2. The first-order valence-electron chi connectivity index (χ1n) is 14.1. The third kappa shape index (κ3) is 5.43. The molecule has 5 nitrogen and oxygen atoms in total. The van der Waals surface area contributed by atoms with Gasteiger partial charge in [0.15, 0.2) is 0 Å². The first kappa shape index (κ1) is 26.6. The Morgan fingerprint density at radius 2 is 1.82 bits per heavy atom. The second kappa shape index (κ2) is 11.0. The normalized spacial score (nSPS) is 19.0. The van der Waals surface area contributed by atoms with Crippen molar-refractivity contribution in [1.82, 2.24) is 19.7 Å². The number of rotatable bonds is 6. The number of fused-ring (bicyclic) bond motifs is 1. The SMILES string of the molecule is Cc1ccc(F)cc1-n1cc(C2=CCNC(CC(C)C)C2)c2ccc(C(=O)N3CCN(C(C)C)CC3)cc21. The molecule has 0 spiro atoms. The highest BCUT2D eigenvalue weighted by Gasteiger charge is 2.25. The number of nitrogens with zero attached hydrogens (tertiary/aromatic N) is 3. The monoisotopic (exact) mass is 516 g/mol. The van der Waals surface area contributed by atoms with E-state index in [9.17, 15) is 9.18 Å². The maximum absolute atomic E-state index is 14.4. The second-order valence-electron chi connectivity index (χ2n) is 11.7. The fourth-order valence-corrected chi connectivity index (χ4v) is 6.01. The summed E-state index contributed by atoms with van der Waals surface area (Å²) in [6.07, 6.45) is 6.51. The van der Waals surface area contributed by atoms with Crippen LogP contribution in [-0.2, 0) is 0 Å². The first-order valence-corrected chi connectivity index (χ1v) is 14.1. The number of hydrogen-bond donors (Lipinski definition) is 1. The van der Waals surface area contributed by atoms with Crippen LogP contribution < -0.4 is 5.32 Å². The predicted octanol–water partition coefficient (Wildman–Crippen LogP) is 6.04. The number of nitrogens with one attached hydrogen (secondary N) is 1. The van der Waals surface area contributed by atoms with Crippen LogP contribution in [0.2, 0.25) is 0 Å². The van der Waals surface area contributed by atoms with Gasteiger partial charge in [0.25, 0.3) is 5.91 Å². The Morgan fingerprint density at radius 1 is 1.05 bits per heavy atom. The molecule has 2 aromatic carbocycles. The lowest BCUT2D eigenvalue weighted by Gasteiger charge is -2.37. The van der Waals surface area contributed by atoms with E-state index >= 15 is 0 Å². The molecule has 0 radical (unpaired) electrons. The van der Waals surface area contributed by atoms with Crippen molar-refractivity contribution < 1.29 is 9.18 Å². The van der Waals surface area contributed by atoms with E-state index in [1.165, 1.54) is 17.2 Å². The molecule has 3 heterocycles. The Kier molecular flexibility index (Phi) is 7.73. The summed E-state index contributed by atoms with van der Waals surface area (Å²) in [6.45, 7) is 15.1. The minimum atomic E-state index is -0.262. The number of halogens is 1. The van der Waals surface area contributed by atoms with Crippen molar-refractivity contribution in [2.24, 2.45) is 5.92 Å². The first-order chi connectivity index (χ1) is 18.2. The average molecular weight is 517 g/mol. The van der Waals surface area contributed by atoms with Crippen molar-refractivity contribution in [3.8, 4) is 5.69 Å². The largest absolute Gasteiger partial charge is 0.336 e. The van der Waals surface area contributed by atoms with Gasteiger partial charge in [-0.05, 0) is 74.9 Å². The van der Waals surface area contributed by atoms with Crippen molar-refractivity contribution in [3.05, 3.63) is 71.2 Å². The second-order valence-corrected chi connectivity index (χ2v) is 11.7. The zero-order valence-corrected chi connectivity index (χ0v) is 23.4. The van der Waals surface area contributed by atoms with Gasteiger partial charge in [0.05, 0.1) is 11.2 Å². The van der Waals surface area contributed by atoms with Crippen LogP contribution >= 0.6 is 0 Å². The van der Waals surface area contributed by atoms with Gasteiger partial charge in [-0.2, -0.15) is 0 Å². The summed E-state index contributed by atoms with van der Waals surface area (Å²) in [7, 11) is 0. The standard InChI is InChI=1S/C32H41FN4O/c1-21(2)16-27-17-24(10-11-34-27)29-20-37(30-19-26(33)8-6-23(30)5)31-18-25(7-9-28(29)31)32(38)36-14-12-35(13-15-36)22(3)4/h6-10,18-22,27,34H,11-17H2,1-5H3. The zero-order chi connectivity index (χ0) is 27.0. The van der Waals surface area contributed by atoms with E-state index in [4.69, 9.17) is 0 Å². The molecule has 1 saturated heterocycles. The lowest BCUT2D eigenvalue weighted by Crippen LogP contribution is -2.50. The molecular weight excluding hydrogens is 475 g/mol. The van der Waals surface area contributed by atoms with Crippen molar-refractivity contribution in [1.29, 1.82) is 0 Å². The van der Waals surface area contributed by atoms with Crippen LogP contribution in [0, 0.1) is 18.7 Å². The molecule has 1 unspecified atom stereocenters. The van der Waals surface area contributed by atoms with E-state index in [0.29, 0.717) is 23.6 Å². The molecule has 0 saturated carbocycles. The minimum Gasteiger partial charge on any atom is -0.336 e. The molecule has 1 amide bonds. The van der Waals surface area contributed by atoms with E-state index in [1.54, 1.807) is 6.07 Å². The number of carbonyl (C=O) groups is 1. The lowest BCUT2D eigenvalue weighted by atomic mass is 9.90. The Balaban J connectivity index is 1.55. The van der Waals surface area contributed by atoms with Crippen LogP contribution in [0.5, 0.6) is 0 Å². The summed E-state index contributed by atoms with van der Waals surface area (Å²) in [4.78, 5) is 17.9. The highest BCUT2D eigenvalue weighted by Crippen LogP contribution is 2.35. The fourth-order valence-electron chi connectivity index (χ4n) is 6.01. The Morgan fingerprint density at radius 3 is 2.53 bits per heavy atom. The van der Waals surface area contributed by atoms with Crippen LogP contribution in [0.4, 0.5) is 4.39 Å². The van der Waals surface area contributed by atoms with Gasteiger partial charge in [0.2, 0.25) is 0 Å². The summed E-state index contributed by atoms with van der Waals surface area (Å²) in [5.41, 5.74) is 5.92. The van der Waals surface area contributed by atoms with Crippen LogP contribution in [-0.4, -0.2) is 65.1 Å². The number of aromatic nitrogens is 1. The molecule has 38 heavy (non-hydrogen) atoms. The molecule has 1 aromatic heterocycles. The van der Waals surface area contributed by atoms with Crippen molar-refractivity contribution >= 4 is 22.4 Å². The molecule has 0 bridgehead atoms. The van der Waals surface area contributed by atoms with Crippen molar-refractivity contribution in [2.45, 2.75) is 59.5 Å². The van der Waals surface area contributed by atoms with Gasteiger partial charge in [0, 0.05) is 67.5 Å². The van der Waals surface area contributed by atoms with E-state index in [0.717, 1.165) is 67.7 Å². The lowest BCUT2D eigenvalue weighted by molar-refractivity contribution is 0.0595. The van der Waals surface area contributed by atoms with E-state index in [-0.39, 0.29) is 11.7 Å². The predicted molar refractivity (Wildman–Crippen MR) is 154 cm³/mol. The molecule has 3 aromatic rings. The van der Waals surface area contributed by atoms with E-state index in [1.807, 2.05) is 30.0 Å². The number of hydrogen-bond acceptors (Lipinski definition) is 3. The number of piperazine rings is 1. The molecule has 1 atom stereocenters. The maximum Gasteiger partial charge on any atom is 0.254 e. The van der Waals surface area contributed by atoms with Gasteiger partial charge in [0.1, 0.15) is 5.82 Å². The van der Waals surface area contributed by atoms with Gasteiger partial charge < -0.3 is 14.8 Å². The van der Waals surface area contributed by atoms with Crippen molar-refractivity contribution in [2.75, 3.05) is 32.7 Å². The number of carbonyl (C=O) groups excluding carboxylic acids is 1. The smallest absolute Gasteiger partial charge is 0.254 e. The van der Waals surface area contributed by atoms with Crippen LogP contribution in [0.3, 0.4) is 0 Å². The fraction of sp³-hybridized carbons (Fsp3) is 0.469. The minimum absolute atomic E-state index is 0.0682. The Labute approximate surface area is 226 Å². The number of aryl methyl sites for hydroxylation is 1. The van der Waals surface area contributed by atoms with E-state index < -0.39 is 0 Å². The Hall–Kier alpha value is -2.96. The quantitative estimate of drug-likeness (QED) is 0.435. The van der Waals surface area contributed by atoms with Crippen LogP contribution in [0.15, 0.2) is 48.7 Å². The summed E-state index contributed by atoms with van der Waals surface area (Å²) in [5, 5.41) is 4.74. The Bertz CT molecular complexity index is 1350. The molecule has 0 aliphatic carbocycles. The summed E-state index contributed by atoms with van der Waals surface area (Å²) >= 11 is 0. The molecule has 6 heteroatoms. The highest BCUT2D eigenvalue weighted by atomic mass is 19.1. The maximum atomic E-state index is 14.4. The van der Waals surface area contributed by atoms with Gasteiger partial charge >= 0.3 is 0 Å². The molecule has 2 aliphatic rings. The van der Waals surface area contributed by atoms with Crippen molar-refractivity contribution in [3.63, 3.8) is 0 Å². The molecule has 1 N–H and O–H groups in total. The average Bonchev–Trinajstić information content (AvgIpc) is 3.28. The third-order valence-electron chi connectivity index (χ3n) is 8.14. The molecule has 2 aliphatic heterocycles. The summed E-state index contributed by atoms with van der Waals surface area (Å²) in [5.74, 6) is 0.431. The van der Waals surface area contributed by atoms with Crippen LogP contribution in [0.25, 0.3) is 22.2 Å². The summed E-state index contributed by atoms with van der Waals surface area (Å²) in [6, 6.07) is 11.9. The summed E-state index contributed by atoms with van der Waals surface area (Å²) < 4.78 is 16.5.